The zero-order valence-electron chi connectivity index (χ0n) is 8.84. The van der Waals surface area contributed by atoms with Crippen LogP contribution in [0, 0.1) is 0 Å². The van der Waals surface area contributed by atoms with Crippen molar-refractivity contribution in [2.24, 2.45) is 0 Å². The van der Waals surface area contributed by atoms with E-state index in [1.54, 1.807) is 0 Å². The minimum absolute atomic E-state index is 0.0546. The van der Waals surface area contributed by atoms with E-state index in [4.69, 9.17) is 4.74 Å². The molecule has 1 aliphatic rings. The SMILES string of the molecule is CCNCCCNC(=O)[C@@H]1CCCO1. The Hall–Kier alpha value is -0.610. The van der Waals surface area contributed by atoms with E-state index in [0.29, 0.717) is 0 Å². The number of amides is 1. The van der Waals surface area contributed by atoms with Gasteiger partial charge in [0.1, 0.15) is 6.10 Å². The molecule has 4 nitrogen and oxygen atoms in total. The maximum atomic E-state index is 11.4. The van der Waals surface area contributed by atoms with E-state index in [9.17, 15) is 4.79 Å². The number of carbonyl (C=O) groups excluding carboxylic acids is 1. The zero-order valence-corrected chi connectivity index (χ0v) is 8.84. The van der Waals surface area contributed by atoms with Gasteiger partial charge in [-0.15, -0.1) is 0 Å². The van der Waals surface area contributed by atoms with Crippen molar-refractivity contribution in [1.82, 2.24) is 10.6 Å². The average Bonchev–Trinajstić information content (AvgIpc) is 2.70. The van der Waals surface area contributed by atoms with E-state index in [2.05, 4.69) is 17.6 Å². The molecule has 2 N–H and O–H groups in total. The molecule has 0 aromatic heterocycles. The van der Waals surface area contributed by atoms with Gasteiger partial charge in [-0.05, 0) is 32.4 Å². The molecule has 4 heteroatoms. The van der Waals surface area contributed by atoms with Gasteiger partial charge in [0.2, 0.25) is 5.91 Å². The Balaban J connectivity index is 1.97. The molecule has 0 aromatic carbocycles. The number of rotatable bonds is 6. The van der Waals surface area contributed by atoms with Gasteiger partial charge in [-0.1, -0.05) is 6.92 Å². The maximum absolute atomic E-state index is 11.4. The molecular weight excluding hydrogens is 180 g/mol. The van der Waals surface area contributed by atoms with Crippen molar-refractivity contribution in [2.45, 2.75) is 32.3 Å². The molecule has 1 aliphatic heterocycles. The van der Waals surface area contributed by atoms with Crippen LogP contribution in [0.4, 0.5) is 0 Å². The predicted molar refractivity (Wildman–Crippen MR) is 55.1 cm³/mol. The smallest absolute Gasteiger partial charge is 0.249 e. The molecule has 0 aliphatic carbocycles. The van der Waals surface area contributed by atoms with E-state index in [1.165, 1.54) is 0 Å². The van der Waals surface area contributed by atoms with E-state index in [0.717, 1.165) is 45.5 Å². The first-order valence-electron chi connectivity index (χ1n) is 5.44. The van der Waals surface area contributed by atoms with Crippen molar-refractivity contribution in [3.8, 4) is 0 Å². The topological polar surface area (TPSA) is 50.4 Å². The summed E-state index contributed by atoms with van der Waals surface area (Å²) in [4.78, 5) is 11.4. The van der Waals surface area contributed by atoms with Crippen LogP contribution in [-0.2, 0) is 9.53 Å². The van der Waals surface area contributed by atoms with Crippen molar-refractivity contribution in [3.05, 3.63) is 0 Å². The molecule has 1 rings (SSSR count). The Morgan fingerprint density at radius 3 is 3.00 bits per heavy atom. The van der Waals surface area contributed by atoms with E-state index < -0.39 is 0 Å². The summed E-state index contributed by atoms with van der Waals surface area (Å²) in [6, 6.07) is 0. The molecule has 14 heavy (non-hydrogen) atoms. The maximum Gasteiger partial charge on any atom is 0.249 e. The van der Waals surface area contributed by atoms with Crippen LogP contribution in [0.3, 0.4) is 0 Å². The minimum atomic E-state index is -0.186. The van der Waals surface area contributed by atoms with Crippen molar-refractivity contribution in [1.29, 1.82) is 0 Å². The fourth-order valence-electron chi connectivity index (χ4n) is 1.50. The number of hydrogen-bond donors (Lipinski definition) is 2. The molecule has 1 heterocycles. The molecule has 0 saturated carbocycles. The summed E-state index contributed by atoms with van der Waals surface area (Å²) >= 11 is 0. The summed E-state index contributed by atoms with van der Waals surface area (Å²) in [6.45, 7) is 5.49. The molecular formula is C10H20N2O2. The number of ether oxygens (including phenoxy) is 1. The Morgan fingerprint density at radius 2 is 2.36 bits per heavy atom. The molecule has 1 fully saturated rings. The normalized spacial score (nSPS) is 21.1. The molecule has 1 saturated heterocycles. The van der Waals surface area contributed by atoms with Crippen LogP contribution in [0.25, 0.3) is 0 Å². The molecule has 0 radical (unpaired) electrons. The first kappa shape index (κ1) is 11.5. The van der Waals surface area contributed by atoms with Gasteiger partial charge >= 0.3 is 0 Å². The average molecular weight is 200 g/mol. The van der Waals surface area contributed by atoms with Crippen LogP contribution in [-0.4, -0.2) is 38.3 Å². The molecule has 0 bridgehead atoms. The minimum Gasteiger partial charge on any atom is -0.368 e. The lowest BCUT2D eigenvalue weighted by Crippen LogP contribution is -2.35. The summed E-state index contributed by atoms with van der Waals surface area (Å²) in [7, 11) is 0. The van der Waals surface area contributed by atoms with Crippen LogP contribution < -0.4 is 10.6 Å². The van der Waals surface area contributed by atoms with Crippen molar-refractivity contribution < 1.29 is 9.53 Å². The quantitative estimate of drug-likeness (QED) is 0.606. The third kappa shape index (κ3) is 4.07. The zero-order chi connectivity index (χ0) is 10.2. The van der Waals surface area contributed by atoms with Crippen LogP contribution in [0.1, 0.15) is 26.2 Å². The van der Waals surface area contributed by atoms with Gasteiger partial charge in [0.15, 0.2) is 0 Å². The number of carbonyl (C=O) groups is 1. The van der Waals surface area contributed by atoms with Crippen molar-refractivity contribution in [2.75, 3.05) is 26.2 Å². The molecule has 1 amide bonds. The second kappa shape index (κ2) is 6.79. The lowest BCUT2D eigenvalue weighted by Gasteiger charge is -2.10. The first-order valence-corrected chi connectivity index (χ1v) is 5.44. The molecule has 0 aromatic rings. The Kier molecular flexibility index (Phi) is 5.56. The highest BCUT2D eigenvalue weighted by atomic mass is 16.5. The van der Waals surface area contributed by atoms with Gasteiger partial charge in [-0.2, -0.15) is 0 Å². The summed E-state index contributed by atoms with van der Waals surface area (Å²) in [5.74, 6) is 0.0546. The van der Waals surface area contributed by atoms with Crippen LogP contribution >= 0.6 is 0 Å². The van der Waals surface area contributed by atoms with Gasteiger partial charge in [-0.25, -0.2) is 0 Å². The Morgan fingerprint density at radius 1 is 1.50 bits per heavy atom. The van der Waals surface area contributed by atoms with Crippen molar-refractivity contribution >= 4 is 5.91 Å². The lowest BCUT2D eigenvalue weighted by atomic mass is 10.2. The molecule has 82 valence electrons. The van der Waals surface area contributed by atoms with Gasteiger partial charge in [0.25, 0.3) is 0 Å². The highest BCUT2D eigenvalue weighted by Crippen LogP contribution is 2.11. The van der Waals surface area contributed by atoms with Gasteiger partial charge < -0.3 is 15.4 Å². The Labute approximate surface area is 85.4 Å². The highest BCUT2D eigenvalue weighted by molar-refractivity contribution is 5.80. The largest absolute Gasteiger partial charge is 0.368 e. The fraction of sp³-hybridized carbons (Fsp3) is 0.900. The monoisotopic (exact) mass is 200 g/mol. The summed E-state index contributed by atoms with van der Waals surface area (Å²) in [5, 5.41) is 6.09. The first-order chi connectivity index (χ1) is 6.84. The van der Waals surface area contributed by atoms with Crippen LogP contribution in [0.5, 0.6) is 0 Å². The predicted octanol–water partition coefficient (Wildman–Crippen LogP) is 0.281. The summed E-state index contributed by atoms with van der Waals surface area (Å²) < 4.78 is 5.27. The third-order valence-electron chi connectivity index (χ3n) is 2.30. The Bertz CT molecular complexity index is 168. The third-order valence-corrected chi connectivity index (χ3v) is 2.30. The molecule has 0 unspecified atom stereocenters. The van der Waals surface area contributed by atoms with Crippen LogP contribution in [0.15, 0.2) is 0 Å². The summed E-state index contributed by atoms with van der Waals surface area (Å²) in [5.41, 5.74) is 0. The fourth-order valence-corrected chi connectivity index (χ4v) is 1.50. The van der Waals surface area contributed by atoms with E-state index in [-0.39, 0.29) is 12.0 Å². The van der Waals surface area contributed by atoms with Crippen LogP contribution in [0.2, 0.25) is 0 Å². The van der Waals surface area contributed by atoms with E-state index >= 15 is 0 Å². The highest BCUT2D eigenvalue weighted by Gasteiger charge is 2.22. The second-order valence-electron chi connectivity index (χ2n) is 3.50. The van der Waals surface area contributed by atoms with Gasteiger partial charge in [0.05, 0.1) is 0 Å². The van der Waals surface area contributed by atoms with E-state index in [1.807, 2.05) is 0 Å². The second-order valence-corrected chi connectivity index (χ2v) is 3.50. The molecule has 1 atom stereocenters. The number of hydrogen-bond acceptors (Lipinski definition) is 3. The summed E-state index contributed by atoms with van der Waals surface area (Å²) in [6.07, 6.45) is 2.68. The van der Waals surface area contributed by atoms with Gasteiger partial charge in [0, 0.05) is 13.2 Å². The standard InChI is InChI=1S/C10H20N2O2/c1-2-11-6-4-7-12-10(13)9-5-3-8-14-9/h9,11H,2-8H2,1H3,(H,12,13)/t9-/m0/s1. The van der Waals surface area contributed by atoms with Crippen molar-refractivity contribution in [3.63, 3.8) is 0 Å². The molecule has 0 spiro atoms. The number of nitrogens with one attached hydrogen (secondary N) is 2. The van der Waals surface area contributed by atoms with Gasteiger partial charge in [-0.3, -0.25) is 4.79 Å². The lowest BCUT2D eigenvalue weighted by molar-refractivity contribution is -0.130.